The summed E-state index contributed by atoms with van der Waals surface area (Å²) in [5, 5.41) is 9.04. The van der Waals surface area contributed by atoms with Crippen LogP contribution in [0.4, 0.5) is 0 Å². The van der Waals surface area contributed by atoms with Crippen LogP contribution in [0.25, 0.3) is 0 Å². The van der Waals surface area contributed by atoms with Crippen LogP contribution in [0.1, 0.15) is 37.0 Å². The summed E-state index contributed by atoms with van der Waals surface area (Å²) in [6.07, 6.45) is 3.40. The van der Waals surface area contributed by atoms with E-state index in [9.17, 15) is 0 Å². The van der Waals surface area contributed by atoms with E-state index in [4.69, 9.17) is 5.26 Å². The molecule has 2 rings (SSSR count). The molecule has 2 nitrogen and oxygen atoms in total. The van der Waals surface area contributed by atoms with E-state index in [1.165, 1.54) is 30.6 Å². The minimum atomic E-state index is 0.805. The van der Waals surface area contributed by atoms with Gasteiger partial charge in [0.25, 0.3) is 0 Å². The first-order chi connectivity index (χ1) is 8.71. The van der Waals surface area contributed by atoms with Crippen LogP contribution in [0.3, 0.4) is 0 Å². The molecule has 1 heterocycles. The Kier molecular flexibility index (Phi) is 4.38. The van der Waals surface area contributed by atoms with E-state index >= 15 is 0 Å². The van der Waals surface area contributed by atoms with Crippen LogP contribution in [0, 0.1) is 17.2 Å². The summed E-state index contributed by atoms with van der Waals surface area (Å²) < 4.78 is 0. The Morgan fingerprint density at radius 1 is 1.33 bits per heavy atom. The molecule has 2 heteroatoms. The van der Waals surface area contributed by atoms with Crippen LogP contribution >= 0.6 is 0 Å². The summed E-state index contributed by atoms with van der Waals surface area (Å²) in [5.74, 6) is 0.849. The largest absolute Gasteiger partial charge is 0.303 e. The van der Waals surface area contributed by atoms with E-state index in [0.29, 0.717) is 0 Å². The molecule has 0 unspecified atom stereocenters. The lowest BCUT2D eigenvalue weighted by atomic mass is 10.0. The molecular formula is C16H22N2. The highest BCUT2D eigenvalue weighted by molar-refractivity contribution is 5.37. The van der Waals surface area contributed by atoms with Gasteiger partial charge in [-0.3, -0.25) is 0 Å². The first-order valence-electron chi connectivity index (χ1n) is 6.96. The van der Waals surface area contributed by atoms with Gasteiger partial charge in [0.15, 0.2) is 0 Å². The lowest BCUT2D eigenvalue weighted by Crippen LogP contribution is -2.23. The van der Waals surface area contributed by atoms with Crippen LogP contribution in [0.15, 0.2) is 18.2 Å². The summed E-state index contributed by atoms with van der Waals surface area (Å²) in [7, 11) is 0. The average molecular weight is 242 g/mol. The van der Waals surface area contributed by atoms with E-state index in [2.05, 4.69) is 30.9 Å². The number of rotatable bonds is 4. The fraction of sp³-hybridized carbons (Fsp3) is 0.562. The molecule has 1 fully saturated rings. The van der Waals surface area contributed by atoms with Crippen molar-refractivity contribution in [3.8, 4) is 6.07 Å². The molecule has 1 saturated heterocycles. The number of hydrogen-bond acceptors (Lipinski definition) is 2. The minimum Gasteiger partial charge on any atom is -0.303 e. The van der Waals surface area contributed by atoms with Crippen molar-refractivity contribution >= 4 is 0 Å². The minimum absolute atomic E-state index is 0.805. The molecule has 1 atom stereocenters. The van der Waals surface area contributed by atoms with Gasteiger partial charge in [-0.05, 0) is 55.0 Å². The second-order valence-corrected chi connectivity index (χ2v) is 5.45. The van der Waals surface area contributed by atoms with Crippen molar-refractivity contribution in [2.45, 2.75) is 33.1 Å². The molecule has 0 amide bonds. The first kappa shape index (κ1) is 13.1. The molecule has 1 aliphatic heterocycles. The Hall–Kier alpha value is -1.33. The summed E-state index contributed by atoms with van der Waals surface area (Å²) in [6, 6.07) is 8.56. The molecule has 0 spiro atoms. The van der Waals surface area contributed by atoms with Crippen molar-refractivity contribution in [1.82, 2.24) is 4.90 Å². The van der Waals surface area contributed by atoms with Crippen LogP contribution in [0.5, 0.6) is 0 Å². The van der Waals surface area contributed by atoms with E-state index in [-0.39, 0.29) is 0 Å². The maximum absolute atomic E-state index is 9.04. The molecule has 0 radical (unpaired) electrons. The van der Waals surface area contributed by atoms with Crippen molar-refractivity contribution in [2.24, 2.45) is 5.92 Å². The molecule has 0 bridgehead atoms. The average Bonchev–Trinajstić information content (AvgIpc) is 2.81. The second-order valence-electron chi connectivity index (χ2n) is 5.45. The summed E-state index contributed by atoms with van der Waals surface area (Å²) >= 11 is 0. The second kappa shape index (κ2) is 6.02. The van der Waals surface area contributed by atoms with E-state index in [1.807, 2.05) is 12.1 Å². The zero-order valence-electron chi connectivity index (χ0n) is 11.4. The van der Waals surface area contributed by atoms with Crippen molar-refractivity contribution in [3.63, 3.8) is 0 Å². The predicted molar refractivity (Wildman–Crippen MR) is 74.5 cm³/mol. The molecule has 1 aliphatic rings. The SMILES string of the molecule is CCc1cc(C#N)cc(CCN2CC[C@H](C)C2)c1. The quantitative estimate of drug-likeness (QED) is 0.811. The highest BCUT2D eigenvalue weighted by Crippen LogP contribution is 2.16. The van der Waals surface area contributed by atoms with Gasteiger partial charge < -0.3 is 4.90 Å². The van der Waals surface area contributed by atoms with Crippen LogP contribution < -0.4 is 0 Å². The molecule has 0 saturated carbocycles. The van der Waals surface area contributed by atoms with Gasteiger partial charge in [0.05, 0.1) is 11.6 Å². The maximum atomic E-state index is 9.04. The normalized spacial score (nSPS) is 19.9. The van der Waals surface area contributed by atoms with E-state index < -0.39 is 0 Å². The standard InChI is InChI=1S/C16H22N2/c1-3-14-8-15(10-16(9-14)11-17)5-7-18-6-4-13(2)12-18/h8-10,13H,3-7,12H2,1-2H3/t13-/m0/s1. The third kappa shape index (κ3) is 3.34. The third-order valence-electron chi connectivity index (χ3n) is 3.81. The van der Waals surface area contributed by atoms with E-state index in [0.717, 1.165) is 30.9 Å². The van der Waals surface area contributed by atoms with Gasteiger partial charge in [-0.2, -0.15) is 5.26 Å². The van der Waals surface area contributed by atoms with Crippen molar-refractivity contribution in [2.75, 3.05) is 19.6 Å². The Bertz CT molecular complexity index is 445. The Morgan fingerprint density at radius 2 is 2.11 bits per heavy atom. The van der Waals surface area contributed by atoms with Gasteiger partial charge in [-0.1, -0.05) is 19.9 Å². The van der Waals surface area contributed by atoms with Crippen molar-refractivity contribution < 1.29 is 0 Å². The number of likely N-dealkylation sites (tertiary alicyclic amines) is 1. The monoisotopic (exact) mass is 242 g/mol. The molecule has 96 valence electrons. The topological polar surface area (TPSA) is 27.0 Å². The van der Waals surface area contributed by atoms with E-state index in [1.54, 1.807) is 0 Å². The van der Waals surface area contributed by atoms with Crippen LogP contribution in [0.2, 0.25) is 0 Å². The molecular weight excluding hydrogens is 220 g/mol. The molecule has 1 aromatic rings. The van der Waals surface area contributed by atoms with Gasteiger partial charge >= 0.3 is 0 Å². The van der Waals surface area contributed by atoms with Gasteiger partial charge in [0, 0.05) is 13.1 Å². The number of aryl methyl sites for hydroxylation is 1. The highest BCUT2D eigenvalue weighted by atomic mass is 15.1. The molecule has 0 N–H and O–H groups in total. The molecule has 1 aromatic carbocycles. The Morgan fingerprint density at radius 3 is 2.72 bits per heavy atom. The molecule has 0 aromatic heterocycles. The van der Waals surface area contributed by atoms with Gasteiger partial charge in [0.2, 0.25) is 0 Å². The van der Waals surface area contributed by atoms with Gasteiger partial charge in [0.1, 0.15) is 0 Å². The zero-order valence-corrected chi connectivity index (χ0v) is 11.4. The maximum Gasteiger partial charge on any atom is 0.0991 e. The summed E-state index contributed by atoms with van der Waals surface area (Å²) in [4.78, 5) is 2.54. The number of benzene rings is 1. The van der Waals surface area contributed by atoms with Gasteiger partial charge in [-0.25, -0.2) is 0 Å². The predicted octanol–water partition coefficient (Wildman–Crippen LogP) is 3.00. The lowest BCUT2D eigenvalue weighted by molar-refractivity contribution is 0.332. The lowest BCUT2D eigenvalue weighted by Gasteiger charge is -2.15. The third-order valence-corrected chi connectivity index (χ3v) is 3.81. The number of nitriles is 1. The number of nitrogens with zero attached hydrogens (tertiary/aromatic N) is 2. The summed E-state index contributed by atoms with van der Waals surface area (Å²) in [6.45, 7) is 8.06. The summed E-state index contributed by atoms with van der Waals surface area (Å²) in [5.41, 5.74) is 3.39. The smallest absolute Gasteiger partial charge is 0.0991 e. The van der Waals surface area contributed by atoms with Crippen LogP contribution in [-0.2, 0) is 12.8 Å². The molecule has 18 heavy (non-hydrogen) atoms. The molecule has 0 aliphatic carbocycles. The van der Waals surface area contributed by atoms with Crippen LogP contribution in [-0.4, -0.2) is 24.5 Å². The number of hydrogen-bond donors (Lipinski definition) is 0. The highest BCUT2D eigenvalue weighted by Gasteiger charge is 2.17. The van der Waals surface area contributed by atoms with Crippen molar-refractivity contribution in [3.05, 3.63) is 34.9 Å². The fourth-order valence-corrected chi connectivity index (χ4v) is 2.69. The Balaban J connectivity index is 1.98. The fourth-order valence-electron chi connectivity index (χ4n) is 2.69. The Labute approximate surface area is 110 Å². The van der Waals surface area contributed by atoms with Gasteiger partial charge in [-0.15, -0.1) is 0 Å². The zero-order chi connectivity index (χ0) is 13.0. The van der Waals surface area contributed by atoms with Crippen molar-refractivity contribution in [1.29, 1.82) is 5.26 Å². The first-order valence-corrected chi connectivity index (χ1v) is 6.96.